The number of hydrogen-bond donors (Lipinski definition) is 0. The maximum Gasteiger partial charge on any atom is 0.237 e. The summed E-state index contributed by atoms with van der Waals surface area (Å²) in [6, 6.07) is 1.03. The van der Waals surface area contributed by atoms with Crippen LogP contribution in [-0.2, 0) is 4.79 Å². The Kier molecular flexibility index (Phi) is 4.09. The Hall–Kier alpha value is -0.280. The second kappa shape index (κ2) is 5.37. The topological polar surface area (TPSA) is 23.6 Å². The third-order valence-corrected chi connectivity index (χ3v) is 3.98. The SMILES string of the molecule is CN1CCCC[C@H]1CN(C(=O)CCl)C1CC1. The number of rotatable bonds is 4. The Balaban J connectivity index is 1.91. The molecule has 1 amide bonds. The summed E-state index contributed by atoms with van der Waals surface area (Å²) in [6.45, 7) is 2.05. The van der Waals surface area contributed by atoms with Crippen molar-refractivity contribution >= 4 is 17.5 Å². The third-order valence-electron chi connectivity index (χ3n) is 3.75. The molecule has 3 nitrogen and oxygen atoms in total. The fourth-order valence-corrected chi connectivity index (χ4v) is 2.67. The van der Waals surface area contributed by atoms with Crippen LogP contribution in [0.3, 0.4) is 0 Å². The van der Waals surface area contributed by atoms with Crippen molar-refractivity contribution in [1.82, 2.24) is 9.80 Å². The first-order valence-electron chi connectivity index (χ1n) is 6.28. The van der Waals surface area contributed by atoms with Crippen molar-refractivity contribution in [2.24, 2.45) is 0 Å². The van der Waals surface area contributed by atoms with E-state index >= 15 is 0 Å². The quantitative estimate of drug-likeness (QED) is 0.703. The zero-order chi connectivity index (χ0) is 11.5. The molecule has 1 atom stereocenters. The number of amides is 1. The van der Waals surface area contributed by atoms with Crippen LogP contribution in [0.25, 0.3) is 0 Å². The molecule has 1 aliphatic heterocycles. The number of carbonyl (C=O) groups is 1. The van der Waals surface area contributed by atoms with Crippen LogP contribution in [0.1, 0.15) is 32.1 Å². The molecule has 0 aromatic heterocycles. The molecule has 0 bridgehead atoms. The number of hydrogen-bond acceptors (Lipinski definition) is 2. The first kappa shape index (κ1) is 12.2. The van der Waals surface area contributed by atoms with Gasteiger partial charge < -0.3 is 9.80 Å². The first-order valence-corrected chi connectivity index (χ1v) is 6.81. The Morgan fingerprint density at radius 1 is 1.38 bits per heavy atom. The Morgan fingerprint density at radius 2 is 2.12 bits per heavy atom. The van der Waals surface area contributed by atoms with E-state index in [1.807, 2.05) is 4.90 Å². The molecule has 1 aliphatic carbocycles. The molecule has 0 radical (unpaired) electrons. The fourth-order valence-electron chi connectivity index (χ4n) is 2.52. The van der Waals surface area contributed by atoms with Crippen LogP contribution in [0.5, 0.6) is 0 Å². The van der Waals surface area contributed by atoms with Gasteiger partial charge in [0.25, 0.3) is 0 Å². The van der Waals surface area contributed by atoms with Crippen LogP contribution in [0.4, 0.5) is 0 Å². The maximum absolute atomic E-state index is 11.7. The van der Waals surface area contributed by atoms with Crippen LogP contribution in [0, 0.1) is 0 Å². The van der Waals surface area contributed by atoms with Crippen molar-refractivity contribution in [1.29, 1.82) is 0 Å². The lowest BCUT2D eigenvalue weighted by atomic mass is 10.0. The molecule has 1 heterocycles. The van der Waals surface area contributed by atoms with Crippen LogP contribution < -0.4 is 0 Å². The highest BCUT2D eigenvalue weighted by molar-refractivity contribution is 6.27. The summed E-state index contributed by atoms with van der Waals surface area (Å²) < 4.78 is 0. The molecule has 1 saturated heterocycles. The van der Waals surface area contributed by atoms with Crippen LogP contribution in [0.2, 0.25) is 0 Å². The number of halogens is 1. The Labute approximate surface area is 103 Å². The van der Waals surface area contributed by atoms with Gasteiger partial charge in [0.2, 0.25) is 5.91 Å². The molecular formula is C12H21ClN2O. The first-order chi connectivity index (χ1) is 7.72. The smallest absolute Gasteiger partial charge is 0.237 e. The maximum atomic E-state index is 11.7. The number of nitrogens with zero attached hydrogens (tertiary/aromatic N) is 2. The summed E-state index contributed by atoms with van der Waals surface area (Å²) in [4.78, 5) is 16.2. The lowest BCUT2D eigenvalue weighted by Crippen LogP contribution is -2.47. The van der Waals surface area contributed by atoms with Crippen molar-refractivity contribution in [3.63, 3.8) is 0 Å². The van der Waals surface area contributed by atoms with Crippen LogP contribution in [-0.4, -0.2) is 53.8 Å². The summed E-state index contributed by atoms with van der Waals surface area (Å²) >= 11 is 5.67. The largest absolute Gasteiger partial charge is 0.337 e. The van der Waals surface area contributed by atoms with Gasteiger partial charge in [-0.15, -0.1) is 11.6 Å². The van der Waals surface area contributed by atoms with Crippen molar-refractivity contribution in [3.05, 3.63) is 0 Å². The molecule has 2 rings (SSSR count). The van der Waals surface area contributed by atoms with Crippen molar-refractivity contribution in [2.45, 2.75) is 44.2 Å². The number of likely N-dealkylation sites (tertiary alicyclic amines) is 1. The van der Waals surface area contributed by atoms with E-state index in [9.17, 15) is 4.79 Å². The highest BCUT2D eigenvalue weighted by atomic mass is 35.5. The van der Waals surface area contributed by atoms with Gasteiger partial charge >= 0.3 is 0 Å². The molecule has 0 aromatic rings. The average Bonchev–Trinajstić information content (AvgIpc) is 3.11. The van der Waals surface area contributed by atoms with E-state index in [-0.39, 0.29) is 11.8 Å². The van der Waals surface area contributed by atoms with Gasteiger partial charge in [0.1, 0.15) is 5.88 Å². The predicted molar refractivity (Wildman–Crippen MR) is 65.7 cm³/mol. The Morgan fingerprint density at radius 3 is 2.69 bits per heavy atom. The summed E-state index contributed by atoms with van der Waals surface area (Å²) in [5.41, 5.74) is 0. The zero-order valence-electron chi connectivity index (χ0n) is 9.99. The number of alkyl halides is 1. The van der Waals surface area contributed by atoms with Crippen molar-refractivity contribution < 1.29 is 4.79 Å². The van der Waals surface area contributed by atoms with E-state index in [2.05, 4.69) is 11.9 Å². The third kappa shape index (κ3) is 2.89. The van der Waals surface area contributed by atoms with E-state index in [4.69, 9.17) is 11.6 Å². The lowest BCUT2D eigenvalue weighted by molar-refractivity contribution is -0.130. The van der Waals surface area contributed by atoms with Gasteiger partial charge in [-0.3, -0.25) is 4.79 Å². The highest BCUT2D eigenvalue weighted by Crippen LogP contribution is 2.28. The molecule has 1 saturated carbocycles. The average molecular weight is 245 g/mol. The minimum atomic E-state index is 0.114. The van der Waals surface area contributed by atoms with Gasteiger partial charge in [-0.2, -0.15) is 0 Å². The molecular weight excluding hydrogens is 224 g/mol. The highest BCUT2D eigenvalue weighted by Gasteiger charge is 2.34. The van der Waals surface area contributed by atoms with E-state index in [0.29, 0.717) is 12.1 Å². The van der Waals surface area contributed by atoms with E-state index in [1.165, 1.54) is 32.1 Å². The molecule has 16 heavy (non-hydrogen) atoms. The van der Waals surface area contributed by atoms with E-state index < -0.39 is 0 Å². The molecule has 0 aromatic carbocycles. The van der Waals surface area contributed by atoms with Crippen molar-refractivity contribution in [2.75, 3.05) is 26.0 Å². The standard InChI is InChI=1S/C12H21ClN2O/c1-14-7-3-2-4-11(14)9-15(10-5-6-10)12(16)8-13/h10-11H,2-9H2,1H3/t11-/m0/s1. The Bertz CT molecular complexity index is 255. The van der Waals surface area contributed by atoms with Gasteiger partial charge in [-0.05, 0) is 39.3 Å². The van der Waals surface area contributed by atoms with E-state index in [0.717, 1.165) is 13.1 Å². The molecule has 0 unspecified atom stereocenters. The summed E-state index contributed by atoms with van der Waals surface area (Å²) in [5.74, 6) is 0.246. The normalized spacial score (nSPS) is 26.8. The van der Waals surface area contributed by atoms with Gasteiger partial charge in [-0.25, -0.2) is 0 Å². The second-order valence-corrected chi connectivity index (χ2v) is 5.31. The monoisotopic (exact) mass is 244 g/mol. The van der Waals surface area contributed by atoms with Crippen LogP contribution >= 0.6 is 11.6 Å². The fraction of sp³-hybridized carbons (Fsp3) is 0.917. The number of likely N-dealkylation sites (N-methyl/N-ethyl adjacent to an activating group) is 1. The summed E-state index contributed by atoms with van der Waals surface area (Å²) in [5, 5.41) is 0. The van der Waals surface area contributed by atoms with Crippen LogP contribution in [0.15, 0.2) is 0 Å². The molecule has 2 fully saturated rings. The van der Waals surface area contributed by atoms with Crippen molar-refractivity contribution in [3.8, 4) is 0 Å². The minimum absolute atomic E-state index is 0.114. The van der Waals surface area contributed by atoms with Gasteiger partial charge in [0, 0.05) is 18.6 Å². The predicted octanol–water partition coefficient (Wildman–Crippen LogP) is 1.70. The van der Waals surface area contributed by atoms with Gasteiger partial charge in [0.05, 0.1) is 0 Å². The van der Waals surface area contributed by atoms with Gasteiger partial charge in [0.15, 0.2) is 0 Å². The second-order valence-electron chi connectivity index (χ2n) is 5.04. The molecule has 2 aliphatic rings. The molecule has 92 valence electrons. The number of piperidine rings is 1. The summed E-state index contributed by atoms with van der Waals surface area (Å²) in [6.07, 6.45) is 6.13. The zero-order valence-corrected chi connectivity index (χ0v) is 10.7. The minimum Gasteiger partial charge on any atom is -0.337 e. The molecule has 0 N–H and O–H groups in total. The van der Waals surface area contributed by atoms with E-state index in [1.54, 1.807) is 0 Å². The summed E-state index contributed by atoms with van der Waals surface area (Å²) in [7, 11) is 2.17. The molecule has 4 heteroatoms. The lowest BCUT2D eigenvalue weighted by Gasteiger charge is -2.36. The molecule has 0 spiro atoms. The number of carbonyl (C=O) groups excluding carboxylic acids is 1. The van der Waals surface area contributed by atoms with Gasteiger partial charge in [-0.1, -0.05) is 6.42 Å².